The monoisotopic (exact) mass is 426 g/mol. The lowest BCUT2D eigenvalue weighted by Gasteiger charge is -2.24. The van der Waals surface area contributed by atoms with Gasteiger partial charge in [0.15, 0.2) is 5.78 Å². The lowest BCUT2D eigenvalue weighted by molar-refractivity contribution is -0.123. The highest BCUT2D eigenvalue weighted by molar-refractivity contribution is 7.18. The maximum absolute atomic E-state index is 13.3. The summed E-state index contributed by atoms with van der Waals surface area (Å²) >= 11 is 7.58. The van der Waals surface area contributed by atoms with Gasteiger partial charge in [0.2, 0.25) is 5.91 Å². The molecule has 3 heterocycles. The number of rotatable bonds is 6. The van der Waals surface area contributed by atoms with E-state index in [4.69, 9.17) is 17.3 Å². The minimum absolute atomic E-state index is 0.0184. The van der Waals surface area contributed by atoms with Gasteiger partial charge in [0.25, 0.3) is 0 Å². The predicted octanol–water partition coefficient (Wildman–Crippen LogP) is 3.71. The van der Waals surface area contributed by atoms with Crippen molar-refractivity contribution < 1.29 is 9.59 Å². The summed E-state index contributed by atoms with van der Waals surface area (Å²) in [5.74, 6) is -0.720. The van der Waals surface area contributed by atoms with E-state index in [0.29, 0.717) is 28.7 Å². The third-order valence-electron chi connectivity index (χ3n) is 5.08. The number of carbonyl (C=O) groups excluding carboxylic acids is 2. The number of pyridine rings is 1. The largest absolute Gasteiger partial charge is 0.368 e. The summed E-state index contributed by atoms with van der Waals surface area (Å²) in [6, 6.07) is 11.0. The third-order valence-corrected chi connectivity index (χ3v) is 6.47. The summed E-state index contributed by atoms with van der Waals surface area (Å²) in [6.45, 7) is 0.663. The Morgan fingerprint density at radius 2 is 2.00 bits per heavy atom. The summed E-state index contributed by atoms with van der Waals surface area (Å²) < 4.78 is 0. The van der Waals surface area contributed by atoms with Crippen LogP contribution in [0.1, 0.15) is 29.8 Å². The fourth-order valence-corrected chi connectivity index (χ4v) is 4.84. The standard InChI is InChI=1S/C21H19ClN4O2S/c22-15-4-1-3-14(11-15)18-17(26-19(29-18)13-5-9-24-10-6-13)16(27)12-21(20(23)28)7-2-8-25-21/h1,3-6,9-11,25H,2,7-8,12H2,(H2,23,28). The number of amides is 1. The number of carbonyl (C=O) groups is 2. The lowest BCUT2D eigenvalue weighted by atomic mass is 9.89. The van der Waals surface area contributed by atoms with Gasteiger partial charge in [0.05, 0.1) is 4.88 Å². The Bertz CT molecular complexity index is 1060. The second-order valence-corrected chi connectivity index (χ2v) is 8.46. The minimum atomic E-state index is -1.01. The number of hydrogen-bond acceptors (Lipinski definition) is 6. The Labute approximate surface area is 177 Å². The second kappa shape index (κ2) is 8.02. The molecule has 148 valence electrons. The van der Waals surface area contributed by atoms with Gasteiger partial charge in [-0.05, 0) is 49.2 Å². The molecular formula is C21H19ClN4O2S. The first-order valence-electron chi connectivity index (χ1n) is 9.24. The van der Waals surface area contributed by atoms with Crippen molar-refractivity contribution in [1.29, 1.82) is 0 Å². The van der Waals surface area contributed by atoms with Crippen LogP contribution in [0.5, 0.6) is 0 Å². The van der Waals surface area contributed by atoms with Crippen LogP contribution < -0.4 is 11.1 Å². The van der Waals surface area contributed by atoms with Crippen molar-refractivity contribution in [2.45, 2.75) is 24.8 Å². The molecule has 6 nitrogen and oxygen atoms in total. The average molecular weight is 427 g/mol. The van der Waals surface area contributed by atoms with Crippen LogP contribution in [-0.2, 0) is 4.79 Å². The van der Waals surface area contributed by atoms with Crippen molar-refractivity contribution in [3.05, 3.63) is 59.5 Å². The van der Waals surface area contributed by atoms with Gasteiger partial charge in [-0.1, -0.05) is 23.7 Å². The Hall–Kier alpha value is -2.61. The first kappa shape index (κ1) is 19.7. The maximum atomic E-state index is 13.3. The molecule has 1 aliphatic heterocycles. The molecular weight excluding hydrogens is 408 g/mol. The molecule has 1 atom stereocenters. The van der Waals surface area contributed by atoms with Crippen molar-refractivity contribution in [2.75, 3.05) is 6.54 Å². The molecule has 0 spiro atoms. The van der Waals surface area contributed by atoms with E-state index in [1.807, 2.05) is 24.3 Å². The minimum Gasteiger partial charge on any atom is -0.368 e. The highest BCUT2D eigenvalue weighted by Crippen LogP contribution is 2.38. The quantitative estimate of drug-likeness (QED) is 0.585. The van der Waals surface area contributed by atoms with Crippen LogP contribution in [0, 0.1) is 0 Å². The highest BCUT2D eigenvalue weighted by atomic mass is 35.5. The Morgan fingerprint density at radius 1 is 1.21 bits per heavy atom. The smallest absolute Gasteiger partial charge is 0.238 e. The average Bonchev–Trinajstić information content (AvgIpc) is 3.37. The van der Waals surface area contributed by atoms with E-state index in [1.54, 1.807) is 24.5 Å². The molecule has 1 amide bonds. The third kappa shape index (κ3) is 3.94. The first-order valence-corrected chi connectivity index (χ1v) is 10.4. The lowest BCUT2D eigenvalue weighted by Crippen LogP contribution is -2.52. The van der Waals surface area contributed by atoms with Crippen LogP contribution >= 0.6 is 22.9 Å². The molecule has 0 bridgehead atoms. The number of ketones is 1. The van der Waals surface area contributed by atoms with E-state index in [9.17, 15) is 9.59 Å². The molecule has 1 saturated heterocycles. The van der Waals surface area contributed by atoms with Gasteiger partial charge in [-0.25, -0.2) is 4.98 Å². The zero-order valence-electron chi connectivity index (χ0n) is 15.5. The number of halogens is 1. The number of primary amides is 1. The van der Waals surface area contributed by atoms with E-state index in [0.717, 1.165) is 22.4 Å². The van der Waals surface area contributed by atoms with E-state index in [1.165, 1.54) is 11.3 Å². The number of nitrogens with zero attached hydrogens (tertiary/aromatic N) is 2. The normalized spacial score (nSPS) is 18.7. The first-order chi connectivity index (χ1) is 14.0. The van der Waals surface area contributed by atoms with Crippen molar-refractivity contribution in [3.8, 4) is 21.0 Å². The van der Waals surface area contributed by atoms with E-state index in [2.05, 4.69) is 15.3 Å². The van der Waals surface area contributed by atoms with Gasteiger partial charge < -0.3 is 11.1 Å². The summed E-state index contributed by atoms with van der Waals surface area (Å²) in [5.41, 5.74) is 6.63. The molecule has 3 aromatic rings. The Kier molecular flexibility index (Phi) is 5.45. The van der Waals surface area contributed by atoms with Gasteiger partial charge in [-0.3, -0.25) is 14.6 Å². The van der Waals surface area contributed by atoms with Crippen LogP contribution in [0.3, 0.4) is 0 Å². The van der Waals surface area contributed by atoms with Gasteiger partial charge in [-0.15, -0.1) is 11.3 Å². The highest BCUT2D eigenvalue weighted by Gasteiger charge is 2.42. The number of benzene rings is 1. The van der Waals surface area contributed by atoms with Crippen molar-refractivity contribution in [3.63, 3.8) is 0 Å². The fraction of sp³-hybridized carbons (Fsp3) is 0.238. The SMILES string of the molecule is NC(=O)C1(CC(=O)c2nc(-c3ccncc3)sc2-c2cccc(Cl)c2)CCCN1. The van der Waals surface area contributed by atoms with E-state index in [-0.39, 0.29) is 12.2 Å². The molecule has 0 saturated carbocycles. The fourth-order valence-electron chi connectivity index (χ4n) is 3.56. The van der Waals surface area contributed by atoms with Crippen LogP contribution in [0.2, 0.25) is 5.02 Å². The van der Waals surface area contributed by atoms with Crippen molar-refractivity contribution in [1.82, 2.24) is 15.3 Å². The van der Waals surface area contributed by atoms with Gasteiger partial charge >= 0.3 is 0 Å². The number of aromatic nitrogens is 2. The number of Topliss-reactive ketones (excluding diaryl/α,β-unsaturated/α-hetero) is 1. The summed E-state index contributed by atoms with van der Waals surface area (Å²) in [5, 5.41) is 4.41. The molecule has 1 fully saturated rings. The van der Waals surface area contributed by atoms with E-state index >= 15 is 0 Å². The number of hydrogen-bond donors (Lipinski definition) is 2. The van der Waals surface area contributed by atoms with Crippen LogP contribution in [0.25, 0.3) is 21.0 Å². The summed E-state index contributed by atoms with van der Waals surface area (Å²) in [7, 11) is 0. The second-order valence-electron chi connectivity index (χ2n) is 7.02. The molecule has 3 N–H and O–H groups in total. The van der Waals surface area contributed by atoms with Crippen molar-refractivity contribution in [2.24, 2.45) is 5.73 Å². The predicted molar refractivity (Wildman–Crippen MR) is 114 cm³/mol. The van der Waals surface area contributed by atoms with Crippen LogP contribution in [0.15, 0.2) is 48.8 Å². The molecule has 2 aromatic heterocycles. The summed E-state index contributed by atoms with van der Waals surface area (Å²) in [4.78, 5) is 34.8. The van der Waals surface area contributed by atoms with E-state index < -0.39 is 11.4 Å². The molecule has 29 heavy (non-hydrogen) atoms. The maximum Gasteiger partial charge on any atom is 0.238 e. The molecule has 1 aromatic carbocycles. The molecule has 1 aliphatic rings. The zero-order valence-corrected chi connectivity index (χ0v) is 17.1. The van der Waals surface area contributed by atoms with Gasteiger partial charge in [0, 0.05) is 29.4 Å². The molecule has 0 radical (unpaired) electrons. The van der Waals surface area contributed by atoms with Crippen LogP contribution in [0.4, 0.5) is 0 Å². The topological polar surface area (TPSA) is 98.0 Å². The molecule has 8 heteroatoms. The molecule has 4 rings (SSSR count). The summed E-state index contributed by atoms with van der Waals surface area (Å²) in [6.07, 6.45) is 4.69. The Balaban J connectivity index is 1.77. The number of nitrogens with one attached hydrogen (secondary N) is 1. The zero-order chi connectivity index (χ0) is 20.4. The molecule has 1 unspecified atom stereocenters. The number of thiazole rings is 1. The van der Waals surface area contributed by atoms with Gasteiger partial charge in [-0.2, -0.15) is 0 Å². The van der Waals surface area contributed by atoms with Crippen LogP contribution in [-0.4, -0.2) is 33.7 Å². The number of nitrogens with two attached hydrogens (primary N) is 1. The van der Waals surface area contributed by atoms with Gasteiger partial charge in [0.1, 0.15) is 16.2 Å². The Morgan fingerprint density at radius 3 is 2.66 bits per heavy atom. The molecule has 0 aliphatic carbocycles. The van der Waals surface area contributed by atoms with Crippen molar-refractivity contribution >= 4 is 34.6 Å².